The summed E-state index contributed by atoms with van der Waals surface area (Å²) < 4.78 is 1.98. The highest BCUT2D eigenvalue weighted by Crippen LogP contribution is 2.32. The number of benzene rings is 1. The van der Waals surface area contributed by atoms with Gasteiger partial charge in [0.05, 0.1) is 17.8 Å². The minimum absolute atomic E-state index is 0. The summed E-state index contributed by atoms with van der Waals surface area (Å²) in [5.74, 6) is 0.0310. The molecule has 1 unspecified atom stereocenters. The predicted molar refractivity (Wildman–Crippen MR) is 112 cm³/mol. The number of likely N-dealkylation sites (tertiary alicyclic amines) is 1. The average molecular weight is 404 g/mol. The van der Waals surface area contributed by atoms with Crippen LogP contribution in [-0.2, 0) is 0 Å². The van der Waals surface area contributed by atoms with E-state index in [0.29, 0.717) is 11.7 Å². The van der Waals surface area contributed by atoms with Gasteiger partial charge in [0.25, 0.3) is 5.91 Å². The van der Waals surface area contributed by atoms with Crippen molar-refractivity contribution >= 4 is 18.3 Å². The van der Waals surface area contributed by atoms with Crippen LogP contribution in [0.1, 0.15) is 72.4 Å². The minimum Gasteiger partial charge on any atom is -0.330 e. The van der Waals surface area contributed by atoms with Crippen LogP contribution in [0, 0.1) is 6.92 Å². The highest BCUT2D eigenvalue weighted by atomic mass is 35.5. The number of nitrogens with one attached hydrogen (secondary N) is 1. The fourth-order valence-corrected chi connectivity index (χ4v) is 4.45. The van der Waals surface area contributed by atoms with Crippen molar-refractivity contribution in [2.45, 2.75) is 57.5 Å². The fourth-order valence-electron chi connectivity index (χ4n) is 4.45. The molecule has 0 radical (unpaired) electrons. The van der Waals surface area contributed by atoms with Gasteiger partial charge in [-0.15, -0.1) is 17.5 Å². The fraction of sp³-hybridized carbons (Fsp3) is 0.571. The summed E-state index contributed by atoms with van der Waals surface area (Å²) in [6.07, 6.45) is 6.47. The Balaban J connectivity index is 0.00000225. The van der Waals surface area contributed by atoms with E-state index < -0.39 is 0 Å². The maximum atomic E-state index is 13.5. The molecule has 7 heteroatoms. The van der Waals surface area contributed by atoms with Gasteiger partial charge in [-0.3, -0.25) is 4.79 Å². The zero-order valence-corrected chi connectivity index (χ0v) is 17.3. The molecule has 0 aliphatic carbocycles. The molecule has 0 bridgehead atoms. The Hall–Kier alpha value is -1.92. The summed E-state index contributed by atoms with van der Waals surface area (Å²) >= 11 is 0. The number of carbonyl (C=O) groups excluding carboxylic acids is 1. The Morgan fingerprint density at radius 2 is 1.82 bits per heavy atom. The van der Waals surface area contributed by atoms with E-state index in [2.05, 4.69) is 39.9 Å². The van der Waals surface area contributed by atoms with Gasteiger partial charge in [0.2, 0.25) is 0 Å². The zero-order valence-electron chi connectivity index (χ0n) is 16.5. The number of nitrogens with zero attached hydrogens (tertiary/aromatic N) is 4. The van der Waals surface area contributed by atoms with Crippen molar-refractivity contribution < 1.29 is 4.79 Å². The first-order chi connectivity index (χ1) is 13.3. The van der Waals surface area contributed by atoms with Crippen molar-refractivity contribution in [2.24, 2.45) is 0 Å². The predicted octanol–water partition coefficient (Wildman–Crippen LogP) is 3.69. The van der Waals surface area contributed by atoms with E-state index in [4.69, 9.17) is 0 Å². The number of hydrogen-bond acceptors (Lipinski definition) is 4. The molecular weight excluding hydrogens is 374 g/mol. The third-order valence-electron chi connectivity index (χ3n) is 5.98. The second kappa shape index (κ2) is 9.52. The van der Waals surface area contributed by atoms with Gasteiger partial charge in [-0.05, 0) is 51.3 Å². The number of carbonyl (C=O) groups is 1. The summed E-state index contributed by atoms with van der Waals surface area (Å²) in [6, 6.07) is 10.9. The highest BCUT2D eigenvalue weighted by molar-refractivity contribution is 5.93. The van der Waals surface area contributed by atoms with Gasteiger partial charge in [-0.2, -0.15) is 0 Å². The summed E-state index contributed by atoms with van der Waals surface area (Å²) in [6.45, 7) is 4.77. The van der Waals surface area contributed by atoms with Crippen molar-refractivity contribution in [3.8, 4) is 0 Å². The molecule has 152 valence electrons. The van der Waals surface area contributed by atoms with Crippen LogP contribution < -0.4 is 5.32 Å². The Kier molecular flexibility index (Phi) is 7.08. The molecule has 1 aromatic heterocycles. The van der Waals surface area contributed by atoms with E-state index in [1.165, 1.54) is 12.0 Å². The van der Waals surface area contributed by atoms with E-state index in [0.717, 1.165) is 57.4 Å². The summed E-state index contributed by atoms with van der Waals surface area (Å²) in [4.78, 5) is 15.5. The van der Waals surface area contributed by atoms with E-state index in [9.17, 15) is 4.79 Å². The Labute approximate surface area is 173 Å². The molecule has 28 heavy (non-hydrogen) atoms. The number of halogens is 1. The van der Waals surface area contributed by atoms with Crippen molar-refractivity contribution in [1.82, 2.24) is 25.2 Å². The van der Waals surface area contributed by atoms with Gasteiger partial charge in [0.1, 0.15) is 0 Å². The number of piperidine rings is 1. The lowest BCUT2D eigenvalue weighted by Crippen LogP contribution is -2.35. The second-order valence-corrected chi connectivity index (χ2v) is 7.72. The molecule has 0 spiro atoms. The molecule has 6 nitrogen and oxygen atoms in total. The van der Waals surface area contributed by atoms with Crippen LogP contribution in [0.15, 0.2) is 30.3 Å². The van der Waals surface area contributed by atoms with E-state index in [-0.39, 0.29) is 24.4 Å². The lowest BCUT2D eigenvalue weighted by atomic mass is 10.0. The average Bonchev–Trinajstić information content (AvgIpc) is 2.94. The first-order valence-electron chi connectivity index (χ1n) is 10.2. The maximum absolute atomic E-state index is 13.5. The van der Waals surface area contributed by atoms with Gasteiger partial charge in [0, 0.05) is 6.54 Å². The largest absolute Gasteiger partial charge is 0.330 e. The molecule has 2 fully saturated rings. The molecule has 1 atom stereocenters. The normalized spacial score (nSPS) is 21.0. The Morgan fingerprint density at radius 3 is 2.57 bits per heavy atom. The van der Waals surface area contributed by atoms with Crippen molar-refractivity contribution in [1.29, 1.82) is 0 Å². The monoisotopic (exact) mass is 403 g/mol. The van der Waals surface area contributed by atoms with Crippen LogP contribution in [0.2, 0.25) is 0 Å². The Morgan fingerprint density at radius 1 is 1.07 bits per heavy atom. The molecular formula is C21H30ClN5O. The third kappa shape index (κ3) is 4.23. The van der Waals surface area contributed by atoms with Crippen LogP contribution in [0.4, 0.5) is 0 Å². The van der Waals surface area contributed by atoms with E-state index in [1.54, 1.807) is 0 Å². The number of rotatable bonds is 3. The van der Waals surface area contributed by atoms with Crippen LogP contribution in [0.5, 0.6) is 0 Å². The molecule has 2 aliphatic rings. The van der Waals surface area contributed by atoms with Crippen molar-refractivity contribution in [3.05, 3.63) is 47.3 Å². The van der Waals surface area contributed by atoms with Crippen LogP contribution in [0.3, 0.4) is 0 Å². The topological polar surface area (TPSA) is 63.1 Å². The van der Waals surface area contributed by atoms with Gasteiger partial charge in [0.15, 0.2) is 5.69 Å². The van der Waals surface area contributed by atoms with Gasteiger partial charge in [-0.1, -0.05) is 48.4 Å². The van der Waals surface area contributed by atoms with E-state index >= 15 is 0 Å². The molecule has 3 heterocycles. The first-order valence-corrected chi connectivity index (χ1v) is 10.2. The smallest absolute Gasteiger partial charge is 0.276 e. The highest BCUT2D eigenvalue weighted by Gasteiger charge is 2.31. The summed E-state index contributed by atoms with van der Waals surface area (Å²) in [7, 11) is 0. The van der Waals surface area contributed by atoms with E-state index in [1.807, 2.05) is 22.6 Å². The van der Waals surface area contributed by atoms with Crippen LogP contribution in [0.25, 0.3) is 0 Å². The number of amides is 1. The summed E-state index contributed by atoms with van der Waals surface area (Å²) in [5, 5.41) is 12.1. The molecule has 0 saturated carbocycles. The molecule has 1 N–H and O–H groups in total. The maximum Gasteiger partial charge on any atom is 0.276 e. The molecule has 1 amide bonds. The number of hydrogen-bond donors (Lipinski definition) is 1. The second-order valence-electron chi connectivity index (χ2n) is 7.72. The number of aromatic nitrogens is 3. The third-order valence-corrected chi connectivity index (χ3v) is 5.98. The lowest BCUT2D eigenvalue weighted by Gasteiger charge is -2.30. The zero-order chi connectivity index (χ0) is 18.6. The van der Waals surface area contributed by atoms with Crippen molar-refractivity contribution in [3.63, 3.8) is 0 Å². The molecule has 4 rings (SSSR count). The standard InChI is InChI=1S/C21H29N5O.ClH/c1-16-20(23-24-26(16)18-11-13-22-14-12-18)21(27)25-15-7-3-6-10-19(25)17-8-4-2-5-9-17;/h2,4-5,8-9,18-19,22H,3,6-7,10-15H2,1H3;1H. The molecule has 2 saturated heterocycles. The van der Waals surface area contributed by atoms with Crippen LogP contribution in [-0.4, -0.2) is 45.4 Å². The van der Waals surface area contributed by atoms with Gasteiger partial charge < -0.3 is 10.2 Å². The minimum atomic E-state index is 0. The Bertz CT molecular complexity index is 772. The summed E-state index contributed by atoms with van der Waals surface area (Å²) in [5.41, 5.74) is 2.65. The lowest BCUT2D eigenvalue weighted by molar-refractivity contribution is 0.0674. The first kappa shape index (κ1) is 20.8. The van der Waals surface area contributed by atoms with Gasteiger partial charge >= 0.3 is 0 Å². The SMILES string of the molecule is Cc1c(C(=O)N2CCCCCC2c2ccccc2)nnn1C1CCNCC1.Cl. The van der Waals surface area contributed by atoms with Crippen molar-refractivity contribution in [2.75, 3.05) is 19.6 Å². The van der Waals surface area contributed by atoms with Gasteiger partial charge in [-0.25, -0.2) is 4.68 Å². The molecule has 2 aliphatic heterocycles. The van der Waals surface area contributed by atoms with Crippen LogP contribution >= 0.6 is 12.4 Å². The quantitative estimate of drug-likeness (QED) is 0.848. The molecule has 1 aromatic carbocycles. The molecule has 2 aromatic rings.